The summed E-state index contributed by atoms with van der Waals surface area (Å²) in [6.07, 6.45) is 8.87. The van der Waals surface area contributed by atoms with Gasteiger partial charge in [0.15, 0.2) is 5.82 Å². The fourth-order valence-electron chi connectivity index (χ4n) is 7.94. The number of halogens is 4. The van der Waals surface area contributed by atoms with Crippen LogP contribution in [0.3, 0.4) is 0 Å². The van der Waals surface area contributed by atoms with Crippen molar-refractivity contribution < 1.29 is 23.0 Å². The van der Waals surface area contributed by atoms with Gasteiger partial charge in [0.1, 0.15) is 46.5 Å². The quantitative estimate of drug-likeness (QED) is 0.224. The Balaban J connectivity index is 1.30. The van der Waals surface area contributed by atoms with Crippen LogP contribution in [0.15, 0.2) is 24.3 Å². The smallest absolute Gasteiger partial charge is 0.319 e. The van der Waals surface area contributed by atoms with Crippen LogP contribution < -0.4 is 15.0 Å². The Hall–Kier alpha value is -3.85. The standard InChI is InChI=1S/C33H30ClF3N6O2/c1-2-22-24(36)7-4-17-10-21(44)11-23(25(17)22)28-27(37)29-26(30(34)39-28)31(42-14-19-5-6-20(15-42)38-19)41-32(40-29)45-16-33-8-3-9-43(33)13-18(35)12-33/h1,4,7,10-11,18-20,38,44H,3,5-6,8-9,12-16H2/t18-,19?,20?,33+/m1/s1. The molecule has 2 N–H and O–H groups in total. The molecule has 232 valence electrons. The van der Waals surface area contributed by atoms with E-state index in [0.29, 0.717) is 37.3 Å². The second kappa shape index (κ2) is 10.6. The van der Waals surface area contributed by atoms with Crippen LogP contribution in [0.1, 0.15) is 37.7 Å². The Morgan fingerprint density at radius 2 is 1.91 bits per heavy atom. The molecule has 0 spiro atoms. The minimum atomic E-state index is -0.932. The molecule has 12 heteroatoms. The van der Waals surface area contributed by atoms with Gasteiger partial charge in [0.25, 0.3) is 0 Å². The molecular weight excluding hydrogens is 605 g/mol. The number of terminal acetylenes is 1. The van der Waals surface area contributed by atoms with Gasteiger partial charge in [-0.25, -0.2) is 18.2 Å². The normalized spacial score (nSPS) is 26.1. The van der Waals surface area contributed by atoms with Crippen molar-refractivity contribution >= 4 is 39.1 Å². The average Bonchev–Trinajstić information content (AvgIpc) is 3.67. The van der Waals surface area contributed by atoms with E-state index in [1.54, 1.807) is 0 Å². The van der Waals surface area contributed by atoms with Crippen LogP contribution in [-0.4, -0.2) is 81.5 Å². The molecule has 4 aliphatic heterocycles. The van der Waals surface area contributed by atoms with Gasteiger partial charge < -0.3 is 20.1 Å². The molecule has 2 bridgehead atoms. The Morgan fingerprint density at radius 1 is 1.11 bits per heavy atom. The van der Waals surface area contributed by atoms with Gasteiger partial charge in [-0.05, 0) is 55.8 Å². The first-order valence-electron chi connectivity index (χ1n) is 15.2. The van der Waals surface area contributed by atoms with Crippen LogP contribution in [-0.2, 0) is 0 Å². The van der Waals surface area contributed by atoms with Gasteiger partial charge in [-0.2, -0.15) is 9.97 Å². The van der Waals surface area contributed by atoms with Crippen molar-refractivity contribution in [2.75, 3.05) is 37.7 Å². The van der Waals surface area contributed by atoms with E-state index in [1.165, 1.54) is 24.3 Å². The highest BCUT2D eigenvalue weighted by Crippen LogP contribution is 2.43. The molecule has 0 aliphatic carbocycles. The van der Waals surface area contributed by atoms with Gasteiger partial charge >= 0.3 is 6.01 Å². The van der Waals surface area contributed by atoms with E-state index in [-0.39, 0.29) is 68.7 Å². The second-order valence-corrected chi connectivity index (χ2v) is 13.0. The zero-order chi connectivity index (χ0) is 31.0. The van der Waals surface area contributed by atoms with Crippen LogP contribution in [0.25, 0.3) is 32.9 Å². The maximum Gasteiger partial charge on any atom is 0.319 e. The molecule has 2 unspecified atom stereocenters. The number of hydrogen-bond acceptors (Lipinski definition) is 8. The first-order valence-corrected chi connectivity index (χ1v) is 15.6. The molecule has 2 aromatic carbocycles. The van der Waals surface area contributed by atoms with Crippen LogP contribution in [0.4, 0.5) is 19.0 Å². The SMILES string of the molecule is C#Cc1c(F)ccc2cc(O)cc(-c3nc(Cl)c4c(N5CC6CCC(C5)N6)nc(OC[C@@]56CCCN5C[C@H](F)C6)nc4c3F)c12. The molecule has 8 rings (SSSR count). The number of nitrogens with zero attached hydrogens (tertiary/aromatic N) is 5. The number of phenols is 1. The molecule has 4 saturated heterocycles. The molecule has 8 nitrogen and oxygen atoms in total. The maximum atomic E-state index is 16.8. The van der Waals surface area contributed by atoms with Crippen molar-refractivity contribution in [3.05, 3.63) is 46.6 Å². The summed E-state index contributed by atoms with van der Waals surface area (Å²) in [5.41, 5.74) is -0.847. The van der Waals surface area contributed by atoms with Crippen molar-refractivity contribution in [3.8, 4) is 35.4 Å². The van der Waals surface area contributed by atoms with Crippen LogP contribution in [0, 0.1) is 24.0 Å². The third-order valence-corrected chi connectivity index (χ3v) is 10.2. The molecule has 0 amide bonds. The summed E-state index contributed by atoms with van der Waals surface area (Å²) in [5.74, 6) is 1.06. The topological polar surface area (TPSA) is 86.6 Å². The summed E-state index contributed by atoms with van der Waals surface area (Å²) in [6.45, 7) is 2.60. The fraction of sp³-hybridized carbons (Fsp3) is 0.424. The van der Waals surface area contributed by atoms with Crippen molar-refractivity contribution in [2.45, 2.75) is 55.9 Å². The number of fused-ring (bicyclic) bond motifs is 5. The van der Waals surface area contributed by atoms with Crippen molar-refractivity contribution in [1.29, 1.82) is 0 Å². The van der Waals surface area contributed by atoms with E-state index in [4.69, 9.17) is 27.7 Å². The first-order chi connectivity index (χ1) is 21.7. The summed E-state index contributed by atoms with van der Waals surface area (Å²) in [5, 5.41) is 14.9. The summed E-state index contributed by atoms with van der Waals surface area (Å²) < 4.78 is 52.4. The molecule has 4 fully saturated rings. The molecule has 45 heavy (non-hydrogen) atoms. The third kappa shape index (κ3) is 4.65. The predicted molar refractivity (Wildman–Crippen MR) is 166 cm³/mol. The summed E-state index contributed by atoms with van der Waals surface area (Å²) >= 11 is 6.85. The largest absolute Gasteiger partial charge is 0.508 e. The van der Waals surface area contributed by atoms with E-state index in [2.05, 4.69) is 31.0 Å². The molecule has 4 atom stereocenters. The number of ether oxygens (including phenoxy) is 1. The first kappa shape index (κ1) is 28.6. The number of benzene rings is 2. The summed E-state index contributed by atoms with van der Waals surface area (Å²) in [7, 11) is 0. The number of aromatic nitrogens is 3. The Kier molecular flexibility index (Phi) is 6.75. The van der Waals surface area contributed by atoms with Crippen molar-refractivity contribution in [3.63, 3.8) is 0 Å². The number of pyridine rings is 1. The maximum absolute atomic E-state index is 16.8. The summed E-state index contributed by atoms with van der Waals surface area (Å²) in [4.78, 5) is 17.9. The second-order valence-electron chi connectivity index (χ2n) is 12.7. The highest BCUT2D eigenvalue weighted by atomic mass is 35.5. The van der Waals surface area contributed by atoms with E-state index in [0.717, 1.165) is 32.2 Å². The lowest BCUT2D eigenvalue weighted by molar-refractivity contribution is 0.107. The average molecular weight is 635 g/mol. The van der Waals surface area contributed by atoms with Crippen LogP contribution in [0.5, 0.6) is 11.8 Å². The lowest BCUT2D eigenvalue weighted by atomic mass is 9.95. The monoisotopic (exact) mass is 634 g/mol. The van der Waals surface area contributed by atoms with E-state index >= 15 is 4.39 Å². The van der Waals surface area contributed by atoms with Crippen LogP contribution in [0.2, 0.25) is 5.15 Å². The molecule has 4 aromatic rings. The van der Waals surface area contributed by atoms with E-state index < -0.39 is 23.3 Å². The number of nitrogens with one attached hydrogen (secondary N) is 1. The van der Waals surface area contributed by atoms with E-state index in [1.807, 2.05) is 0 Å². The molecule has 2 aromatic heterocycles. The Labute approximate surface area is 262 Å². The molecule has 6 heterocycles. The van der Waals surface area contributed by atoms with E-state index in [9.17, 15) is 13.9 Å². The van der Waals surface area contributed by atoms with Gasteiger partial charge in [-0.15, -0.1) is 6.42 Å². The number of piperazine rings is 1. The lowest BCUT2D eigenvalue weighted by Gasteiger charge is -2.34. The van der Waals surface area contributed by atoms with Gasteiger partial charge in [0, 0.05) is 49.1 Å². The van der Waals surface area contributed by atoms with Gasteiger partial charge in [-0.1, -0.05) is 23.6 Å². The Bertz CT molecular complexity index is 1910. The highest BCUT2D eigenvalue weighted by Gasteiger charge is 2.49. The highest BCUT2D eigenvalue weighted by molar-refractivity contribution is 6.35. The number of hydrogen-bond donors (Lipinski definition) is 2. The van der Waals surface area contributed by atoms with Crippen molar-refractivity contribution in [1.82, 2.24) is 25.2 Å². The van der Waals surface area contributed by atoms with Crippen LogP contribution >= 0.6 is 11.6 Å². The van der Waals surface area contributed by atoms with Gasteiger partial charge in [-0.3, -0.25) is 4.90 Å². The van der Waals surface area contributed by atoms with Crippen molar-refractivity contribution in [2.24, 2.45) is 0 Å². The molecule has 0 radical (unpaired) electrons. The van der Waals surface area contributed by atoms with Gasteiger partial charge in [0.2, 0.25) is 0 Å². The fourth-order valence-corrected chi connectivity index (χ4v) is 8.19. The third-order valence-electron chi connectivity index (χ3n) is 9.90. The lowest BCUT2D eigenvalue weighted by Crippen LogP contribution is -2.51. The number of aromatic hydroxyl groups is 1. The Morgan fingerprint density at radius 3 is 2.69 bits per heavy atom. The van der Waals surface area contributed by atoms with Gasteiger partial charge in [0.05, 0.1) is 16.5 Å². The molecule has 4 aliphatic rings. The number of anilines is 1. The minimum absolute atomic E-state index is 0.0462. The number of alkyl halides is 1. The molecular formula is C33H30ClF3N6O2. The molecule has 0 saturated carbocycles. The number of phenolic OH excluding ortho intramolecular Hbond substituents is 1. The zero-order valence-corrected chi connectivity index (χ0v) is 25.0. The zero-order valence-electron chi connectivity index (χ0n) is 24.3. The predicted octanol–water partition coefficient (Wildman–Crippen LogP) is 5.36. The summed E-state index contributed by atoms with van der Waals surface area (Å²) in [6, 6.07) is 5.80. The number of rotatable bonds is 5. The minimum Gasteiger partial charge on any atom is -0.508 e.